The van der Waals surface area contributed by atoms with Crippen LogP contribution < -0.4 is 5.32 Å². The topological polar surface area (TPSA) is 72.8 Å². The lowest BCUT2D eigenvalue weighted by Gasteiger charge is -2.29. The highest BCUT2D eigenvalue weighted by Gasteiger charge is 2.19. The molecule has 204 valence electrons. The molecule has 0 aliphatic heterocycles. The number of nitrogens with zero attached hydrogens (tertiary/aromatic N) is 1. The van der Waals surface area contributed by atoms with E-state index in [9.17, 15) is 14.3 Å². The van der Waals surface area contributed by atoms with Gasteiger partial charge in [-0.05, 0) is 92.9 Å². The Balaban J connectivity index is 1.44. The minimum atomic E-state index is -0.823. The average molecular weight is 539 g/mol. The Morgan fingerprint density at radius 3 is 2.32 bits per heavy atom. The highest BCUT2D eigenvalue weighted by Crippen LogP contribution is 2.29. The highest BCUT2D eigenvalue weighted by molar-refractivity contribution is 7.97. The van der Waals surface area contributed by atoms with E-state index in [1.165, 1.54) is 23.6 Å². The summed E-state index contributed by atoms with van der Waals surface area (Å²) in [5.41, 5.74) is 3.83. The fraction of sp³-hybridized carbons (Fsp3) is 0.387. The van der Waals surface area contributed by atoms with Gasteiger partial charge >= 0.3 is 5.97 Å². The van der Waals surface area contributed by atoms with Gasteiger partial charge in [0.2, 0.25) is 0 Å². The monoisotopic (exact) mass is 538 g/mol. The van der Waals surface area contributed by atoms with Crippen LogP contribution in [0.1, 0.15) is 44.2 Å². The van der Waals surface area contributed by atoms with Gasteiger partial charge in [-0.3, -0.25) is 4.79 Å². The van der Waals surface area contributed by atoms with Crippen LogP contribution in [0.2, 0.25) is 0 Å². The molecular formula is C31H39FN2O3S. The summed E-state index contributed by atoms with van der Waals surface area (Å²) in [5.74, 6) is -1.14. The first-order valence-corrected chi connectivity index (χ1v) is 13.9. The summed E-state index contributed by atoms with van der Waals surface area (Å²) in [6.07, 6.45) is 3.09. The summed E-state index contributed by atoms with van der Waals surface area (Å²) in [4.78, 5) is 11.2. The smallest absolute Gasteiger partial charge is 0.303 e. The number of nitrogens with one attached hydrogen (secondary N) is 1. The van der Waals surface area contributed by atoms with Gasteiger partial charge in [0.05, 0.1) is 11.0 Å². The molecule has 3 rings (SSSR count). The van der Waals surface area contributed by atoms with Gasteiger partial charge in [0, 0.05) is 25.0 Å². The molecule has 0 heterocycles. The number of hydrogen-bond acceptors (Lipinski definition) is 5. The Labute approximate surface area is 230 Å². The van der Waals surface area contributed by atoms with E-state index < -0.39 is 12.1 Å². The second-order valence-corrected chi connectivity index (χ2v) is 11.6. The third-order valence-electron chi connectivity index (χ3n) is 6.50. The Kier molecular flexibility index (Phi) is 11.3. The van der Waals surface area contributed by atoms with Crippen molar-refractivity contribution in [2.45, 2.75) is 62.5 Å². The largest absolute Gasteiger partial charge is 0.481 e. The molecule has 38 heavy (non-hydrogen) atoms. The van der Waals surface area contributed by atoms with Crippen LogP contribution in [-0.4, -0.2) is 52.3 Å². The molecule has 3 aromatic rings. The lowest BCUT2D eigenvalue weighted by atomic mass is 9.95. The molecule has 0 saturated carbocycles. The Hall–Kier alpha value is -2.71. The predicted molar refractivity (Wildman–Crippen MR) is 154 cm³/mol. The van der Waals surface area contributed by atoms with Crippen LogP contribution in [0.5, 0.6) is 0 Å². The molecule has 0 radical (unpaired) electrons. The molecule has 3 N–H and O–H groups in total. The van der Waals surface area contributed by atoms with E-state index in [0.29, 0.717) is 24.4 Å². The highest BCUT2D eigenvalue weighted by atomic mass is 32.2. The van der Waals surface area contributed by atoms with Crippen LogP contribution in [0.3, 0.4) is 0 Å². The molecule has 0 unspecified atom stereocenters. The van der Waals surface area contributed by atoms with E-state index in [4.69, 9.17) is 5.11 Å². The van der Waals surface area contributed by atoms with Crippen molar-refractivity contribution in [3.8, 4) is 11.1 Å². The zero-order valence-electron chi connectivity index (χ0n) is 22.5. The maximum absolute atomic E-state index is 14.9. The van der Waals surface area contributed by atoms with Crippen LogP contribution in [0.15, 0.2) is 77.7 Å². The molecule has 7 heteroatoms. The summed E-state index contributed by atoms with van der Waals surface area (Å²) in [5, 5.41) is 22.9. The fourth-order valence-corrected chi connectivity index (χ4v) is 5.16. The first-order valence-electron chi connectivity index (χ1n) is 13.1. The molecule has 3 aromatic carbocycles. The van der Waals surface area contributed by atoms with Crippen molar-refractivity contribution in [2.75, 3.05) is 20.1 Å². The van der Waals surface area contributed by atoms with Gasteiger partial charge in [-0.1, -0.05) is 60.7 Å². The maximum Gasteiger partial charge on any atom is 0.303 e. The molecule has 0 spiro atoms. The van der Waals surface area contributed by atoms with E-state index in [1.807, 2.05) is 47.8 Å². The number of aryl methyl sites for hydroxylation is 2. The summed E-state index contributed by atoms with van der Waals surface area (Å²) in [7, 11) is 1.85. The molecule has 5 nitrogen and oxygen atoms in total. The molecule has 0 aromatic heterocycles. The lowest BCUT2D eigenvalue weighted by molar-refractivity contribution is -0.136. The van der Waals surface area contributed by atoms with Crippen molar-refractivity contribution < 1.29 is 19.4 Å². The average Bonchev–Trinajstić information content (AvgIpc) is 2.88. The van der Waals surface area contributed by atoms with Crippen LogP contribution in [0.25, 0.3) is 11.1 Å². The molecule has 0 fully saturated rings. The van der Waals surface area contributed by atoms with E-state index in [-0.39, 0.29) is 17.8 Å². The third kappa shape index (κ3) is 10.2. The minimum absolute atomic E-state index is 0.0854. The standard InChI is InChI=1S/C31H39FN2O3S/c1-31(2,19-7-10-23-8-5-4-6-9-23)33-21-27(35)22-34(3)38-29-17-16-26(20-28(29)32)25-14-11-24(12-15-25)13-18-30(36)37/h4-6,8-9,11-12,14-17,20,27,33,35H,7,10,13,18-19,21-22H2,1-3H3,(H,36,37)/t27-/m1/s1. The van der Waals surface area contributed by atoms with Crippen LogP contribution in [0.4, 0.5) is 4.39 Å². The number of carboxylic acids is 1. The third-order valence-corrected chi connectivity index (χ3v) is 7.48. The zero-order valence-corrected chi connectivity index (χ0v) is 23.3. The number of β-amino-alcohol motifs (C(OH)–C–C–N with tert-alkyl or cyclic N) is 1. The number of halogens is 1. The molecular weight excluding hydrogens is 499 g/mol. The number of carbonyl (C=O) groups is 1. The zero-order chi connectivity index (χ0) is 27.5. The van der Waals surface area contributed by atoms with Crippen LogP contribution >= 0.6 is 11.9 Å². The summed E-state index contributed by atoms with van der Waals surface area (Å²) in [6.45, 7) is 5.18. The van der Waals surface area contributed by atoms with E-state index in [0.717, 1.165) is 36.0 Å². The van der Waals surface area contributed by atoms with Gasteiger partial charge in [-0.15, -0.1) is 0 Å². The quantitative estimate of drug-likeness (QED) is 0.200. The molecule has 0 bridgehead atoms. The number of rotatable bonds is 15. The van der Waals surface area contributed by atoms with Crippen LogP contribution in [-0.2, 0) is 17.6 Å². The molecule has 1 atom stereocenters. The first kappa shape index (κ1) is 29.8. The van der Waals surface area contributed by atoms with Crippen molar-refractivity contribution in [1.82, 2.24) is 9.62 Å². The van der Waals surface area contributed by atoms with Gasteiger partial charge in [0.1, 0.15) is 5.82 Å². The summed E-state index contributed by atoms with van der Waals surface area (Å²) < 4.78 is 16.7. The molecule has 0 aliphatic carbocycles. The second-order valence-electron chi connectivity index (χ2n) is 10.4. The Morgan fingerprint density at radius 2 is 1.66 bits per heavy atom. The fourth-order valence-electron chi connectivity index (χ4n) is 4.30. The normalized spacial score (nSPS) is 12.6. The van der Waals surface area contributed by atoms with Crippen molar-refractivity contribution in [3.63, 3.8) is 0 Å². The van der Waals surface area contributed by atoms with E-state index in [1.54, 1.807) is 6.07 Å². The SMILES string of the molecule is CN(C[C@H](O)CNC(C)(C)CCCc1ccccc1)Sc1ccc(-c2ccc(CCC(=O)O)cc2)cc1F. The molecule has 0 aliphatic rings. The number of aliphatic hydroxyl groups is 1. The molecule has 0 saturated heterocycles. The van der Waals surface area contributed by atoms with Crippen molar-refractivity contribution in [2.24, 2.45) is 0 Å². The number of hydrogen-bond donors (Lipinski definition) is 3. The lowest BCUT2D eigenvalue weighted by Crippen LogP contribution is -2.45. The van der Waals surface area contributed by atoms with Gasteiger partial charge in [0.25, 0.3) is 0 Å². The number of benzene rings is 3. The number of aliphatic carboxylic acids is 1. The van der Waals surface area contributed by atoms with Gasteiger partial charge in [0.15, 0.2) is 0 Å². The van der Waals surface area contributed by atoms with Gasteiger partial charge in [-0.25, -0.2) is 8.70 Å². The first-order chi connectivity index (χ1) is 18.1. The second kappa shape index (κ2) is 14.4. The van der Waals surface area contributed by atoms with Gasteiger partial charge in [-0.2, -0.15) is 0 Å². The minimum Gasteiger partial charge on any atom is -0.481 e. The van der Waals surface area contributed by atoms with Crippen LogP contribution in [0, 0.1) is 5.82 Å². The summed E-state index contributed by atoms with van der Waals surface area (Å²) in [6, 6.07) is 23.1. The Bertz CT molecular complexity index is 1160. The van der Waals surface area contributed by atoms with Gasteiger partial charge < -0.3 is 15.5 Å². The number of likely N-dealkylation sites (N-methyl/N-ethyl adjacent to an activating group) is 1. The van der Waals surface area contributed by atoms with E-state index in [2.05, 4.69) is 43.4 Å². The predicted octanol–water partition coefficient (Wildman–Crippen LogP) is 6.20. The Morgan fingerprint density at radius 1 is 1.00 bits per heavy atom. The van der Waals surface area contributed by atoms with E-state index >= 15 is 0 Å². The number of carboxylic acid groups (broad SMARTS) is 1. The van der Waals surface area contributed by atoms with Crippen molar-refractivity contribution in [1.29, 1.82) is 0 Å². The molecule has 0 amide bonds. The van der Waals surface area contributed by atoms with Crippen molar-refractivity contribution >= 4 is 17.9 Å². The maximum atomic E-state index is 14.9. The number of aliphatic hydroxyl groups excluding tert-OH is 1. The summed E-state index contributed by atoms with van der Waals surface area (Å²) >= 11 is 1.27. The van der Waals surface area contributed by atoms with Crippen molar-refractivity contribution in [3.05, 3.63) is 89.7 Å².